The smallest absolute Gasteiger partial charge is 0.329 e. The second-order valence-corrected chi connectivity index (χ2v) is 5.73. The van der Waals surface area contributed by atoms with Crippen molar-refractivity contribution < 1.29 is 14.7 Å². The highest BCUT2D eigenvalue weighted by molar-refractivity contribution is 7.98. The van der Waals surface area contributed by atoms with Gasteiger partial charge in [-0.1, -0.05) is 0 Å². The SMILES string of the molecule is CSc1nc(C)nc(C)c1C(=O)NC1(C(=O)O)CCC1. The Morgan fingerprint density at radius 2 is 1.95 bits per heavy atom. The number of aryl methyl sites for hydroxylation is 2. The molecule has 7 heteroatoms. The Morgan fingerprint density at radius 3 is 2.40 bits per heavy atom. The monoisotopic (exact) mass is 295 g/mol. The highest BCUT2D eigenvalue weighted by Gasteiger charge is 2.46. The third kappa shape index (κ3) is 2.49. The van der Waals surface area contributed by atoms with Crippen LogP contribution in [0.5, 0.6) is 0 Å². The molecule has 1 heterocycles. The van der Waals surface area contributed by atoms with E-state index in [4.69, 9.17) is 0 Å². The molecule has 20 heavy (non-hydrogen) atoms. The summed E-state index contributed by atoms with van der Waals surface area (Å²) in [5, 5.41) is 12.5. The maximum atomic E-state index is 12.4. The number of hydrogen-bond acceptors (Lipinski definition) is 5. The van der Waals surface area contributed by atoms with Gasteiger partial charge >= 0.3 is 5.97 Å². The number of carbonyl (C=O) groups is 2. The molecule has 2 N–H and O–H groups in total. The fraction of sp³-hybridized carbons (Fsp3) is 0.538. The Bertz CT molecular complexity index is 570. The first-order valence-electron chi connectivity index (χ1n) is 6.35. The van der Waals surface area contributed by atoms with E-state index in [-0.39, 0.29) is 0 Å². The summed E-state index contributed by atoms with van der Waals surface area (Å²) in [7, 11) is 0. The summed E-state index contributed by atoms with van der Waals surface area (Å²) >= 11 is 1.35. The summed E-state index contributed by atoms with van der Waals surface area (Å²) in [6, 6.07) is 0. The first kappa shape index (κ1) is 14.8. The van der Waals surface area contributed by atoms with Crippen LogP contribution in [0.4, 0.5) is 0 Å². The predicted octanol–water partition coefficient (Wildman–Crippen LogP) is 1.55. The summed E-state index contributed by atoms with van der Waals surface area (Å²) < 4.78 is 0. The van der Waals surface area contributed by atoms with Gasteiger partial charge in [0.1, 0.15) is 16.4 Å². The summed E-state index contributed by atoms with van der Waals surface area (Å²) in [4.78, 5) is 32.1. The van der Waals surface area contributed by atoms with Crippen molar-refractivity contribution >= 4 is 23.6 Å². The van der Waals surface area contributed by atoms with Crippen LogP contribution in [0.25, 0.3) is 0 Å². The average molecular weight is 295 g/mol. The molecule has 6 nitrogen and oxygen atoms in total. The van der Waals surface area contributed by atoms with Gasteiger partial charge in [0.25, 0.3) is 5.91 Å². The Hall–Kier alpha value is -1.63. The molecule has 1 saturated carbocycles. The predicted molar refractivity (Wildman–Crippen MR) is 75.0 cm³/mol. The first-order chi connectivity index (χ1) is 9.39. The van der Waals surface area contributed by atoms with Gasteiger partial charge in [-0.3, -0.25) is 4.79 Å². The number of carboxylic acid groups (broad SMARTS) is 1. The normalized spacial score (nSPS) is 16.4. The molecule has 2 rings (SSSR count). The lowest BCUT2D eigenvalue weighted by Crippen LogP contribution is -2.59. The fourth-order valence-electron chi connectivity index (χ4n) is 2.29. The summed E-state index contributed by atoms with van der Waals surface area (Å²) in [6.07, 6.45) is 3.57. The molecular weight excluding hydrogens is 278 g/mol. The molecule has 0 spiro atoms. The Balaban J connectivity index is 2.32. The lowest BCUT2D eigenvalue weighted by Gasteiger charge is -2.38. The molecule has 1 amide bonds. The molecule has 0 radical (unpaired) electrons. The molecule has 0 unspecified atom stereocenters. The van der Waals surface area contributed by atoms with Crippen molar-refractivity contribution in [2.75, 3.05) is 6.26 Å². The van der Waals surface area contributed by atoms with Gasteiger partial charge in [-0.15, -0.1) is 11.8 Å². The molecule has 0 aromatic carbocycles. The Labute approximate surface area is 121 Å². The van der Waals surface area contributed by atoms with Gasteiger partial charge in [-0.2, -0.15) is 0 Å². The van der Waals surface area contributed by atoms with Crippen LogP contribution in [0.15, 0.2) is 5.03 Å². The van der Waals surface area contributed by atoms with Gasteiger partial charge in [0.2, 0.25) is 0 Å². The van der Waals surface area contributed by atoms with Gasteiger partial charge < -0.3 is 10.4 Å². The van der Waals surface area contributed by atoms with Crippen molar-refractivity contribution in [1.82, 2.24) is 15.3 Å². The highest BCUT2D eigenvalue weighted by atomic mass is 32.2. The van der Waals surface area contributed by atoms with Crippen LogP contribution in [0, 0.1) is 13.8 Å². The summed E-state index contributed by atoms with van der Waals surface area (Å²) in [5.74, 6) is -0.789. The highest BCUT2D eigenvalue weighted by Crippen LogP contribution is 2.33. The van der Waals surface area contributed by atoms with Crippen LogP contribution in [-0.2, 0) is 4.79 Å². The molecule has 0 saturated heterocycles. The Kier molecular flexibility index (Phi) is 3.99. The third-order valence-electron chi connectivity index (χ3n) is 3.56. The molecule has 108 valence electrons. The molecule has 0 aliphatic heterocycles. The zero-order valence-electron chi connectivity index (χ0n) is 11.7. The number of carbonyl (C=O) groups excluding carboxylic acids is 1. The van der Waals surface area contributed by atoms with Crippen LogP contribution in [0.1, 0.15) is 41.1 Å². The molecule has 1 aliphatic rings. The van der Waals surface area contributed by atoms with Crippen molar-refractivity contribution in [2.45, 2.75) is 43.7 Å². The van der Waals surface area contributed by atoms with Gasteiger partial charge in [0.15, 0.2) is 0 Å². The number of aliphatic carboxylic acids is 1. The molecule has 1 aromatic heterocycles. The molecule has 1 fully saturated rings. The van der Waals surface area contributed by atoms with Gasteiger partial charge in [-0.25, -0.2) is 14.8 Å². The van der Waals surface area contributed by atoms with Crippen molar-refractivity contribution in [3.63, 3.8) is 0 Å². The molecule has 1 aromatic rings. The van der Waals surface area contributed by atoms with E-state index in [2.05, 4.69) is 15.3 Å². The van der Waals surface area contributed by atoms with E-state index >= 15 is 0 Å². The second kappa shape index (κ2) is 5.40. The minimum Gasteiger partial charge on any atom is -0.480 e. The van der Waals surface area contributed by atoms with E-state index in [1.165, 1.54) is 11.8 Å². The quantitative estimate of drug-likeness (QED) is 0.647. The average Bonchev–Trinajstić information content (AvgIpc) is 2.31. The van der Waals surface area contributed by atoms with Crippen LogP contribution >= 0.6 is 11.8 Å². The summed E-state index contributed by atoms with van der Waals surface area (Å²) in [6.45, 7) is 3.50. The van der Waals surface area contributed by atoms with E-state index in [9.17, 15) is 14.7 Å². The van der Waals surface area contributed by atoms with E-state index in [0.29, 0.717) is 34.9 Å². The minimum absolute atomic E-state index is 0.371. The van der Waals surface area contributed by atoms with Gasteiger partial charge in [-0.05, 0) is 39.4 Å². The maximum absolute atomic E-state index is 12.4. The first-order valence-corrected chi connectivity index (χ1v) is 7.57. The number of thioether (sulfide) groups is 1. The number of rotatable bonds is 4. The molecule has 1 aliphatic carbocycles. The largest absolute Gasteiger partial charge is 0.480 e. The van der Waals surface area contributed by atoms with E-state index in [0.717, 1.165) is 6.42 Å². The van der Waals surface area contributed by atoms with Crippen LogP contribution in [0.3, 0.4) is 0 Å². The van der Waals surface area contributed by atoms with E-state index < -0.39 is 17.4 Å². The minimum atomic E-state index is -1.12. The number of nitrogens with one attached hydrogen (secondary N) is 1. The number of aromatic nitrogens is 2. The lowest BCUT2D eigenvalue weighted by molar-refractivity contribution is -0.148. The fourth-order valence-corrected chi connectivity index (χ4v) is 2.96. The maximum Gasteiger partial charge on any atom is 0.329 e. The number of carboxylic acids is 1. The molecular formula is C13H17N3O3S. The van der Waals surface area contributed by atoms with Crippen molar-refractivity contribution in [3.05, 3.63) is 17.1 Å². The Morgan fingerprint density at radius 1 is 1.30 bits per heavy atom. The number of amides is 1. The van der Waals surface area contributed by atoms with Crippen LogP contribution in [0.2, 0.25) is 0 Å². The topological polar surface area (TPSA) is 92.2 Å². The van der Waals surface area contributed by atoms with Crippen molar-refractivity contribution in [1.29, 1.82) is 0 Å². The molecule has 0 bridgehead atoms. The van der Waals surface area contributed by atoms with E-state index in [1.54, 1.807) is 13.8 Å². The van der Waals surface area contributed by atoms with E-state index in [1.807, 2.05) is 6.26 Å². The molecule has 0 atom stereocenters. The zero-order valence-corrected chi connectivity index (χ0v) is 12.5. The number of nitrogens with zero attached hydrogens (tertiary/aromatic N) is 2. The van der Waals surface area contributed by atoms with Crippen LogP contribution in [-0.4, -0.2) is 38.7 Å². The third-order valence-corrected chi connectivity index (χ3v) is 4.24. The van der Waals surface area contributed by atoms with Crippen LogP contribution < -0.4 is 5.32 Å². The number of hydrogen-bond donors (Lipinski definition) is 2. The van der Waals surface area contributed by atoms with Gasteiger partial charge in [0.05, 0.1) is 11.3 Å². The second-order valence-electron chi connectivity index (χ2n) is 4.94. The lowest BCUT2D eigenvalue weighted by atomic mass is 9.76. The van der Waals surface area contributed by atoms with Crippen molar-refractivity contribution in [2.24, 2.45) is 0 Å². The van der Waals surface area contributed by atoms with Gasteiger partial charge in [0, 0.05) is 0 Å². The zero-order chi connectivity index (χ0) is 14.9. The standard InChI is InChI=1S/C13H17N3O3S/c1-7-9(11(20-3)15-8(2)14-7)10(17)16-13(12(18)19)5-4-6-13/h4-6H2,1-3H3,(H,16,17)(H,18,19). The summed E-state index contributed by atoms with van der Waals surface area (Å²) in [5.41, 5.74) is -0.181. The van der Waals surface area contributed by atoms with Crippen molar-refractivity contribution in [3.8, 4) is 0 Å².